The molecule has 0 saturated heterocycles. The van der Waals surface area contributed by atoms with Crippen molar-refractivity contribution in [3.8, 4) is 11.3 Å². The Labute approximate surface area is 153 Å². The molecule has 0 aliphatic heterocycles. The van der Waals surface area contributed by atoms with Crippen LogP contribution in [0.3, 0.4) is 0 Å². The Morgan fingerprint density at radius 3 is 2.46 bits per heavy atom. The zero-order valence-electron chi connectivity index (χ0n) is 15.1. The highest BCUT2D eigenvalue weighted by Crippen LogP contribution is 2.32. The quantitative estimate of drug-likeness (QED) is 0.592. The lowest BCUT2D eigenvalue weighted by molar-refractivity contribution is 1.11. The molecule has 5 heteroatoms. The number of aromatic nitrogens is 3. The van der Waals surface area contributed by atoms with Crippen LogP contribution in [0.15, 0.2) is 67.0 Å². The summed E-state index contributed by atoms with van der Waals surface area (Å²) in [5.74, 6) is 1.59. The maximum Gasteiger partial charge on any atom is 0.235 e. The lowest BCUT2D eigenvalue weighted by Crippen LogP contribution is -2.08. The van der Waals surface area contributed by atoms with Crippen LogP contribution in [0.1, 0.15) is 5.56 Å². The number of benzene rings is 2. The third kappa shape index (κ3) is 2.88. The highest BCUT2D eigenvalue weighted by Gasteiger charge is 2.15. The van der Waals surface area contributed by atoms with Crippen LogP contribution < -0.4 is 10.2 Å². The molecular weight excluding hydrogens is 322 g/mol. The first-order valence-corrected chi connectivity index (χ1v) is 8.57. The first-order valence-electron chi connectivity index (χ1n) is 8.57. The molecule has 0 fully saturated rings. The number of fused-ring (bicyclic) bond motifs is 1. The second-order valence-corrected chi connectivity index (χ2v) is 6.48. The minimum Gasteiger partial charge on any atom is -0.378 e. The first-order chi connectivity index (χ1) is 12.6. The van der Waals surface area contributed by atoms with Crippen molar-refractivity contribution in [1.82, 2.24) is 14.4 Å². The minimum atomic E-state index is 0.676. The van der Waals surface area contributed by atoms with Gasteiger partial charge in [0.2, 0.25) is 5.78 Å². The highest BCUT2D eigenvalue weighted by molar-refractivity contribution is 5.80. The van der Waals surface area contributed by atoms with Gasteiger partial charge in [-0.2, -0.15) is 0 Å². The van der Waals surface area contributed by atoms with E-state index in [1.807, 2.05) is 42.9 Å². The summed E-state index contributed by atoms with van der Waals surface area (Å²) in [5, 5.41) is 3.55. The van der Waals surface area contributed by atoms with E-state index in [1.54, 1.807) is 6.20 Å². The summed E-state index contributed by atoms with van der Waals surface area (Å²) in [6.07, 6.45) is 3.74. The SMILES string of the molecule is Cc1ccccc1Nc1c(-c2ccc(N(C)C)cc2)nc2ncccn12. The Bertz CT molecular complexity index is 1050. The molecule has 0 aliphatic rings. The van der Waals surface area contributed by atoms with Gasteiger partial charge in [-0.3, -0.25) is 4.40 Å². The van der Waals surface area contributed by atoms with Crippen LogP contribution in [-0.2, 0) is 0 Å². The summed E-state index contributed by atoms with van der Waals surface area (Å²) >= 11 is 0. The van der Waals surface area contributed by atoms with Crippen LogP contribution in [0, 0.1) is 6.92 Å². The van der Waals surface area contributed by atoms with Gasteiger partial charge in [0.1, 0.15) is 11.5 Å². The molecule has 26 heavy (non-hydrogen) atoms. The molecule has 4 rings (SSSR count). The average molecular weight is 343 g/mol. The standard InChI is InChI=1S/C21H21N5/c1-15-7-4-5-8-18(15)23-20-19(24-21-22-13-6-14-26(20)21)16-9-11-17(12-10-16)25(2)3/h4-14,23H,1-3H3. The third-order valence-corrected chi connectivity index (χ3v) is 4.46. The van der Waals surface area contributed by atoms with E-state index in [0.29, 0.717) is 5.78 Å². The number of hydrogen-bond acceptors (Lipinski definition) is 4. The van der Waals surface area contributed by atoms with Gasteiger partial charge in [-0.1, -0.05) is 30.3 Å². The summed E-state index contributed by atoms with van der Waals surface area (Å²) in [5.41, 5.74) is 5.34. The van der Waals surface area contributed by atoms with E-state index in [-0.39, 0.29) is 0 Å². The number of anilines is 3. The van der Waals surface area contributed by atoms with Gasteiger partial charge in [0, 0.05) is 43.4 Å². The maximum atomic E-state index is 4.76. The van der Waals surface area contributed by atoms with Crippen molar-refractivity contribution in [2.75, 3.05) is 24.3 Å². The number of imidazole rings is 1. The Hall–Kier alpha value is -3.34. The van der Waals surface area contributed by atoms with Gasteiger partial charge in [0.25, 0.3) is 0 Å². The van der Waals surface area contributed by atoms with Gasteiger partial charge in [0.15, 0.2) is 0 Å². The fourth-order valence-corrected chi connectivity index (χ4v) is 2.97. The van der Waals surface area contributed by atoms with Crippen LogP contribution in [0.25, 0.3) is 17.0 Å². The van der Waals surface area contributed by atoms with E-state index < -0.39 is 0 Å². The maximum absolute atomic E-state index is 4.76. The van der Waals surface area contributed by atoms with Crippen molar-refractivity contribution in [1.29, 1.82) is 0 Å². The molecule has 0 atom stereocenters. The van der Waals surface area contributed by atoms with Crippen LogP contribution in [0.5, 0.6) is 0 Å². The van der Waals surface area contributed by atoms with E-state index in [2.05, 4.69) is 58.5 Å². The fourth-order valence-electron chi connectivity index (χ4n) is 2.97. The third-order valence-electron chi connectivity index (χ3n) is 4.46. The van der Waals surface area contributed by atoms with Crippen LogP contribution >= 0.6 is 0 Å². The Kier molecular flexibility index (Phi) is 4.05. The summed E-state index contributed by atoms with van der Waals surface area (Å²) in [4.78, 5) is 11.2. The number of nitrogens with one attached hydrogen (secondary N) is 1. The normalized spacial score (nSPS) is 10.9. The van der Waals surface area contributed by atoms with Crippen LogP contribution in [0.2, 0.25) is 0 Å². The molecule has 0 aliphatic carbocycles. The van der Waals surface area contributed by atoms with E-state index in [0.717, 1.165) is 28.5 Å². The first kappa shape index (κ1) is 16.1. The zero-order chi connectivity index (χ0) is 18.1. The Morgan fingerprint density at radius 2 is 1.73 bits per heavy atom. The molecule has 130 valence electrons. The molecular formula is C21H21N5. The van der Waals surface area contributed by atoms with E-state index in [9.17, 15) is 0 Å². The van der Waals surface area contributed by atoms with Crippen molar-refractivity contribution in [2.45, 2.75) is 6.92 Å². The van der Waals surface area contributed by atoms with Gasteiger partial charge in [-0.15, -0.1) is 0 Å². The van der Waals surface area contributed by atoms with Crippen molar-refractivity contribution in [3.63, 3.8) is 0 Å². The highest BCUT2D eigenvalue weighted by atomic mass is 15.2. The lowest BCUT2D eigenvalue weighted by Gasteiger charge is -2.13. The molecule has 0 amide bonds. The smallest absolute Gasteiger partial charge is 0.235 e. The molecule has 0 bridgehead atoms. The van der Waals surface area contributed by atoms with Crippen LogP contribution in [-0.4, -0.2) is 28.5 Å². The van der Waals surface area contributed by atoms with E-state index in [4.69, 9.17) is 4.98 Å². The lowest BCUT2D eigenvalue weighted by atomic mass is 10.1. The molecule has 4 aromatic rings. The minimum absolute atomic E-state index is 0.676. The summed E-state index contributed by atoms with van der Waals surface area (Å²) in [6.45, 7) is 2.09. The summed E-state index contributed by atoms with van der Waals surface area (Å²) < 4.78 is 1.99. The molecule has 2 heterocycles. The Morgan fingerprint density at radius 1 is 0.962 bits per heavy atom. The molecule has 5 nitrogen and oxygen atoms in total. The van der Waals surface area contributed by atoms with Crippen molar-refractivity contribution >= 4 is 23.0 Å². The second-order valence-electron chi connectivity index (χ2n) is 6.48. The molecule has 0 radical (unpaired) electrons. The molecule has 0 unspecified atom stereocenters. The number of nitrogens with zero attached hydrogens (tertiary/aromatic N) is 4. The molecule has 0 spiro atoms. The van der Waals surface area contributed by atoms with Gasteiger partial charge < -0.3 is 10.2 Å². The van der Waals surface area contributed by atoms with Gasteiger partial charge in [-0.05, 0) is 36.8 Å². The van der Waals surface area contributed by atoms with Crippen molar-refractivity contribution < 1.29 is 0 Å². The predicted octanol–water partition coefficient (Wildman–Crippen LogP) is 4.51. The fraction of sp³-hybridized carbons (Fsp3) is 0.143. The molecule has 2 aromatic carbocycles. The molecule has 0 saturated carbocycles. The number of rotatable bonds is 4. The zero-order valence-corrected chi connectivity index (χ0v) is 15.1. The van der Waals surface area contributed by atoms with Crippen LogP contribution in [0.4, 0.5) is 17.2 Å². The van der Waals surface area contributed by atoms with Gasteiger partial charge in [0.05, 0.1) is 0 Å². The second kappa shape index (κ2) is 6.52. The summed E-state index contributed by atoms with van der Waals surface area (Å²) in [7, 11) is 4.07. The van der Waals surface area contributed by atoms with Gasteiger partial charge >= 0.3 is 0 Å². The molecule has 1 N–H and O–H groups in total. The number of hydrogen-bond donors (Lipinski definition) is 1. The van der Waals surface area contributed by atoms with E-state index in [1.165, 1.54) is 5.56 Å². The monoisotopic (exact) mass is 343 g/mol. The number of aryl methyl sites for hydroxylation is 1. The molecule has 2 aromatic heterocycles. The summed E-state index contributed by atoms with van der Waals surface area (Å²) in [6, 6.07) is 18.5. The van der Waals surface area contributed by atoms with E-state index >= 15 is 0 Å². The largest absolute Gasteiger partial charge is 0.378 e. The van der Waals surface area contributed by atoms with Crippen molar-refractivity contribution in [2.24, 2.45) is 0 Å². The Balaban J connectivity index is 1.85. The average Bonchev–Trinajstić information content (AvgIpc) is 3.02. The van der Waals surface area contributed by atoms with Gasteiger partial charge in [-0.25, -0.2) is 9.97 Å². The predicted molar refractivity (Wildman–Crippen MR) is 107 cm³/mol. The van der Waals surface area contributed by atoms with Crippen molar-refractivity contribution in [3.05, 3.63) is 72.6 Å². The number of para-hydroxylation sites is 1. The topological polar surface area (TPSA) is 45.5 Å².